The van der Waals surface area contributed by atoms with E-state index in [4.69, 9.17) is 0 Å². The molecule has 12 heteroatoms. The van der Waals surface area contributed by atoms with Crippen LogP contribution in [0.4, 0.5) is 16.2 Å². The van der Waals surface area contributed by atoms with Crippen LogP contribution in [0.2, 0.25) is 0 Å². The van der Waals surface area contributed by atoms with E-state index in [-0.39, 0.29) is 0 Å². The molecule has 0 aliphatic heterocycles. The first-order valence-corrected chi connectivity index (χ1v) is 11.2. The van der Waals surface area contributed by atoms with Gasteiger partial charge in [-0.15, -0.1) is 0 Å². The molecule has 3 aromatic rings. The first-order chi connectivity index (χ1) is 14.6. The molecule has 11 nitrogen and oxygen atoms in total. The number of urea groups is 1. The van der Waals surface area contributed by atoms with Crippen LogP contribution in [0.15, 0.2) is 36.9 Å². The molecule has 31 heavy (non-hydrogen) atoms. The van der Waals surface area contributed by atoms with Crippen LogP contribution in [0, 0.1) is 13.8 Å². The molecule has 0 aliphatic rings. The van der Waals surface area contributed by atoms with Crippen molar-refractivity contribution >= 4 is 27.4 Å². The van der Waals surface area contributed by atoms with Crippen molar-refractivity contribution < 1.29 is 13.2 Å². The largest absolute Gasteiger partial charge is 0.328 e. The van der Waals surface area contributed by atoms with Crippen molar-refractivity contribution in [3.8, 4) is 5.95 Å². The Kier molecular flexibility index (Phi) is 6.20. The van der Waals surface area contributed by atoms with Gasteiger partial charge >= 0.3 is 6.03 Å². The molecule has 3 rings (SSSR count). The Labute approximate surface area is 180 Å². The lowest BCUT2D eigenvalue weighted by molar-refractivity contribution is 0.248. The molecule has 0 saturated heterocycles. The summed E-state index contributed by atoms with van der Waals surface area (Å²) >= 11 is 0. The number of hydrogen-bond donors (Lipinski definition) is 2. The number of carbonyl (C=O) groups excluding carboxylic acids is 1. The van der Waals surface area contributed by atoms with Gasteiger partial charge in [-0.05, 0) is 44.0 Å². The van der Waals surface area contributed by atoms with Gasteiger partial charge in [0, 0.05) is 25.1 Å². The zero-order chi connectivity index (χ0) is 22.8. The third-order valence-corrected chi connectivity index (χ3v) is 5.87. The highest BCUT2D eigenvalue weighted by Gasteiger charge is 2.20. The van der Waals surface area contributed by atoms with Gasteiger partial charge in [0.2, 0.25) is 10.0 Å². The van der Waals surface area contributed by atoms with Crippen molar-refractivity contribution in [1.82, 2.24) is 30.0 Å². The lowest BCUT2D eigenvalue weighted by Gasteiger charge is -2.22. The minimum atomic E-state index is -3.44. The minimum absolute atomic E-state index is 0.340. The molecule has 1 aromatic carbocycles. The molecule has 1 atom stereocenters. The van der Waals surface area contributed by atoms with Gasteiger partial charge in [0.25, 0.3) is 5.95 Å². The molecule has 164 valence electrons. The minimum Gasteiger partial charge on any atom is -0.328 e. The van der Waals surface area contributed by atoms with Crippen LogP contribution in [0.1, 0.15) is 29.9 Å². The third-order valence-electron chi connectivity index (χ3n) is 4.68. The Balaban J connectivity index is 1.78. The van der Waals surface area contributed by atoms with Gasteiger partial charge in [0.15, 0.2) is 5.82 Å². The number of aromatic nitrogens is 5. The highest BCUT2D eigenvalue weighted by atomic mass is 32.2. The number of amides is 2. The topological polar surface area (TPSA) is 135 Å². The van der Waals surface area contributed by atoms with E-state index in [0.29, 0.717) is 23.1 Å². The highest BCUT2D eigenvalue weighted by molar-refractivity contribution is 7.92. The van der Waals surface area contributed by atoms with Crippen LogP contribution in [0.5, 0.6) is 0 Å². The second kappa shape index (κ2) is 8.68. The smallest absolute Gasteiger partial charge is 0.319 e. The van der Waals surface area contributed by atoms with Crippen LogP contribution < -0.4 is 14.9 Å². The van der Waals surface area contributed by atoms with E-state index in [9.17, 15) is 13.2 Å². The molecule has 0 radical (unpaired) electrons. The van der Waals surface area contributed by atoms with E-state index < -0.39 is 22.1 Å². The normalized spacial score (nSPS) is 12.3. The van der Waals surface area contributed by atoms with Gasteiger partial charge < -0.3 is 10.6 Å². The van der Waals surface area contributed by atoms with Crippen LogP contribution in [0.3, 0.4) is 0 Å². The van der Waals surface area contributed by atoms with E-state index >= 15 is 0 Å². The fraction of sp³-hybridized carbons (Fsp3) is 0.316. The number of aryl methyl sites for hydroxylation is 2. The number of carbonyl (C=O) groups is 1. The standard InChI is InChI=1S/C19H24N8O3S/c1-12-9-13(2)16(26(4)31(5,29)30)10-15(12)25-19(28)24-14(3)17-22-11-23-27(17)18-20-7-6-8-21-18/h6-11,14H,1-5H3,(H2,24,25,28)/t14-/m0/s1. The van der Waals surface area contributed by atoms with Crippen LogP contribution in [-0.2, 0) is 10.0 Å². The zero-order valence-corrected chi connectivity index (χ0v) is 18.7. The summed E-state index contributed by atoms with van der Waals surface area (Å²) in [5, 5.41) is 9.70. The highest BCUT2D eigenvalue weighted by Crippen LogP contribution is 2.28. The quantitative estimate of drug-likeness (QED) is 0.593. The summed E-state index contributed by atoms with van der Waals surface area (Å²) < 4.78 is 26.5. The number of hydrogen-bond acceptors (Lipinski definition) is 7. The Hall–Kier alpha value is -3.54. The molecule has 0 bridgehead atoms. The molecule has 2 aromatic heterocycles. The molecule has 0 saturated carbocycles. The maximum Gasteiger partial charge on any atom is 0.319 e. The van der Waals surface area contributed by atoms with Crippen molar-refractivity contribution in [2.24, 2.45) is 0 Å². The van der Waals surface area contributed by atoms with Gasteiger partial charge in [-0.3, -0.25) is 4.31 Å². The first kappa shape index (κ1) is 22.2. The number of nitrogens with one attached hydrogen (secondary N) is 2. The van der Waals surface area contributed by atoms with Crippen molar-refractivity contribution in [3.63, 3.8) is 0 Å². The summed E-state index contributed by atoms with van der Waals surface area (Å²) in [7, 11) is -1.97. The Morgan fingerprint density at radius 3 is 2.45 bits per heavy atom. The van der Waals surface area contributed by atoms with Crippen molar-refractivity contribution in [1.29, 1.82) is 0 Å². The van der Waals surface area contributed by atoms with E-state index in [1.165, 1.54) is 22.4 Å². The number of anilines is 2. The summed E-state index contributed by atoms with van der Waals surface area (Å²) in [5.41, 5.74) is 2.55. The van der Waals surface area contributed by atoms with Crippen LogP contribution in [0.25, 0.3) is 5.95 Å². The molecule has 0 aliphatic carbocycles. The summed E-state index contributed by atoms with van der Waals surface area (Å²) in [5.74, 6) is 0.798. The van der Waals surface area contributed by atoms with Gasteiger partial charge in [-0.1, -0.05) is 6.07 Å². The SMILES string of the molecule is Cc1cc(C)c(N(C)S(C)(=O)=O)cc1NC(=O)N[C@@H](C)c1ncnn1-c1ncccn1. The van der Waals surface area contributed by atoms with E-state index in [2.05, 4.69) is 30.7 Å². The zero-order valence-electron chi connectivity index (χ0n) is 17.9. The molecular formula is C19H24N8O3S. The first-order valence-electron chi connectivity index (χ1n) is 9.38. The van der Waals surface area contributed by atoms with Crippen LogP contribution >= 0.6 is 0 Å². The maximum atomic E-state index is 12.6. The Bertz CT molecular complexity index is 1190. The van der Waals surface area contributed by atoms with Gasteiger partial charge in [0.1, 0.15) is 6.33 Å². The Morgan fingerprint density at radius 2 is 1.81 bits per heavy atom. The molecule has 2 heterocycles. The van der Waals surface area contributed by atoms with Crippen molar-refractivity contribution in [2.75, 3.05) is 22.9 Å². The average Bonchev–Trinajstić information content (AvgIpc) is 3.19. The van der Waals surface area contributed by atoms with Gasteiger partial charge in [-0.2, -0.15) is 9.78 Å². The monoisotopic (exact) mass is 444 g/mol. The molecule has 0 fully saturated rings. The van der Waals surface area contributed by atoms with Crippen molar-refractivity contribution in [3.05, 3.63) is 53.9 Å². The summed E-state index contributed by atoms with van der Waals surface area (Å²) in [4.78, 5) is 25.1. The summed E-state index contributed by atoms with van der Waals surface area (Å²) in [6.45, 7) is 5.40. The summed E-state index contributed by atoms with van der Waals surface area (Å²) in [6.07, 6.45) is 5.66. The van der Waals surface area contributed by atoms with Crippen molar-refractivity contribution in [2.45, 2.75) is 26.8 Å². The van der Waals surface area contributed by atoms with E-state index in [0.717, 1.165) is 17.4 Å². The fourth-order valence-electron chi connectivity index (χ4n) is 3.01. The summed E-state index contributed by atoms with van der Waals surface area (Å²) in [6, 6.07) is 4.16. The predicted molar refractivity (Wildman–Crippen MR) is 117 cm³/mol. The second-order valence-corrected chi connectivity index (χ2v) is 9.10. The molecule has 0 spiro atoms. The van der Waals surface area contributed by atoms with Gasteiger partial charge in [0.05, 0.1) is 18.0 Å². The third kappa shape index (κ3) is 4.97. The van der Waals surface area contributed by atoms with E-state index in [1.807, 2.05) is 19.9 Å². The second-order valence-electron chi connectivity index (χ2n) is 7.08. The number of rotatable bonds is 6. The van der Waals surface area contributed by atoms with Crippen LogP contribution in [-0.4, -0.2) is 52.5 Å². The molecule has 2 N–H and O–H groups in total. The fourth-order valence-corrected chi connectivity index (χ4v) is 3.57. The number of benzene rings is 1. The van der Waals surface area contributed by atoms with E-state index in [1.54, 1.807) is 31.5 Å². The average molecular weight is 445 g/mol. The lowest BCUT2D eigenvalue weighted by atomic mass is 10.1. The molecule has 0 unspecified atom stereocenters. The number of sulfonamides is 1. The number of nitrogens with zero attached hydrogens (tertiary/aromatic N) is 6. The Morgan fingerprint density at radius 1 is 1.13 bits per heavy atom. The van der Waals surface area contributed by atoms with Gasteiger partial charge in [-0.25, -0.2) is 28.2 Å². The predicted octanol–water partition coefficient (Wildman–Crippen LogP) is 1.95. The lowest BCUT2D eigenvalue weighted by Crippen LogP contribution is -2.33. The molecule has 2 amide bonds. The molecular weight excluding hydrogens is 420 g/mol. The maximum absolute atomic E-state index is 12.6.